The Labute approximate surface area is 205 Å². The first-order chi connectivity index (χ1) is 16.1. The lowest BCUT2D eigenvalue weighted by Gasteiger charge is -2.38. The maximum atomic E-state index is 12.7. The van der Waals surface area contributed by atoms with Gasteiger partial charge in [0.25, 0.3) is 0 Å². The third-order valence-corrected chi connectivity index (χ3v) is 5.35. The smallest absolute Gasteiger partial charge is 0.419 e. The number of imide groups is 1. The van der Waals surface area contributed by atoms with Gasteiger partial charge in [0, 0.05) is 18.4 Å². The Morgan fingerprint density at radius 3 is 2.11 bits per heavy atom. The van der Waals surface area contributed by atoms with Crippen molar-refractivity contribution in [3.8, 4) is 11.3 Å². The minimum atomic E-state index is -1.13. The fraction of sp³-hybridized carbons (Fsp3) is 0.560. The van der Waals surface area contributed by atoms with Crippen molar-refractivity contribution >= 4 is 18.2 Å². The van der Waals surface area contributed by atoms with Crippen LogP contribution in [0.15, 0.2) is 24.4 Å². The van der Waals surface area contributed by atoms with Crippen LogP contribution < -0.4 is 0 Å². The van der Waals surface area contributed by atoms with Gasteiger partial charge in [0.2, 0.25) is 0 Å². The predicted molar refractivity (Wildman–Crippen MR) is 128 cm³/mol. The number of aromatic carboxylic acids is 1. The van der Waals surface area contributed by atoms with Crippen molar-refractivity contribution in [3.05, 3.63) is 35.8 Å². The summed E-state index contributed by atoms with van der Waals surface area (Å²) in [4.78, 5) is 42.7. The summed E-state index contributed by atoms with van der Waals surface area (Å²) in [5.41, 5.74) is 0.194. The lowest BCUT2D eigenvalue weighted by atomic mass is 9.80. The van der Waals surface area contributed by atoms with Crippen LogP contribution in [0, 0.1) is 12.8 Å². The minimum Gasteiger partial charge on any atom is -0.476 e. The number of nitrogens with zero attached hydrogens (tertiary/aromatic N) is 4. The van der Waals surface area contributed by atoms with E-state index in [1.54, 1.807) is 58.5 Å². The number of carbonyl (C=O) groups is 3. The molecule has 1 N–H and O–H groups in total. The van der Waals surface area contributed by atoms with Crippen molar-refractivity contribution < 1.29 is 29.0 Å². The highest BCUT2D eigenvalue weighted by atomic mass is 16.6. The van der Waals surface area contributed by atoms with Crippen LogP contribution in [0.3, 0.4) is 0 Å². The SMILES string of the molecule is Cc1cccc(-c2cn(C3CC(CN(C(=O)OC(C)(C)C)C(=O)OC(C)(C)C)C3)nc2C(=O)O)n1. The molecule has 0 saturated heterocycles. The molecule has 2 amide bonds. The molecular weight excluding hydrogens is 452 g/mol. The van der Waals surface area contributed by atoms with E-state index in [0.717, 1.165) is 10.6 Å². The highest BCUT2D eigenvalue weighted by Crippen LogP contribution is 2.39. The molecule has 1 aliphatic carbocycles. The van der Waals surface area contributed by atoms with Crippen molar-refractivity contribution in [2.24, 2.45) is 5.92 Å². The predicted octanol–water partition coefficient (Wildman–Crippen LogP) is 5.08. The molecule has 0 spiro atoms. The molecule has 0 unspecified atom stereocenters. The summed E-state index contributed by atoms with van der Waals surface area (Å²) in [6.45, 7) is 12.4. The average molecular weight is 487 g/mol. The minimum absolute atomic E-state index is 0.00180. The molecule has 2 aromatic heterocycles. The van der Waals surface area contributed by atoms with Gasteiger partial charge in [-0.15, -0.1) is 0 Å². The molecule has 0 atom stereocenters. The third-order valence-electron chi connectivity index (χ3n) is 5.35. The molecule has 1 fully saturated rings. The van der Waals surface area contributed by atoms with Crippen molar-refractivity contribution in [2.45, 2.75) is 78.6 Å². The monoisotopic (exact) mass is 486 g/mol. The summed E-state index contributed by atoms with van der Waals surface area (Å²) >= 11 is 0. The second kappa shape index (κ2) is 9.67. The number of carboxylic acid groups (broad SMARTS) is 1. The van der Waals surface area contributed by atoms with E-state index in [1.807, 2.05) is 19.1 Å². The van der Waals surface area contributed by atoms with Crippen LogP contribution in [-0.4, -0.2) is 60.7 Å². The summed E-state index contributed by atoms with van der Waals surface area (Å²) < 4.78 is 12.5. The molecule has 0 radical (unpaired) electrons. The summed E-state index contributed by atoms with van der Waals surface area (Å²) in [5, 5.41) is 13.9. The Kier molecular flexibility index (Phi) is 7.23. The summed E-state index contributed by atoms with van der Waals surface area (Å²) in [7, 11) is 0. The maximum Gasteiger partial charge on any atom is 0.419 e. The van der Waals surface area contributed by atoms with E-state index in [-0.39, 0.29) is 24.2 Å². The van der Waals surface area contributed by atoms with E-state index < -0.39 is 29.4 Å². The number of aryl methyl sites for hydroxylation is 1. The number of ether oxygens (including phenoxy) is 2. The lowest BCUT2D eigenvalue weighted by Crippen LogP contribution is -2.47. The quantitative estimate of drug-likeness (QED) is 0.621. The Morgan fingerprint density at radius 1 is 1.06 bits per heavy atom. The molecule has 10 heteroatoms. The van der Waals surface area contributed by atoms with Gasteiger partial charge in [-0.2, -0.15) is 5.10 Å². The number of pyridine rings is 1. The van der Waals surface area contributed by atoms with Crippen molar-refractivity contribution in [2.75, 3.05) is 6.54 Å². The van der Waals surface area contributed by atoms with E-state index in [2.05, 4.69) is 10.1 Å². The second-order valence-electron chi connectivity index (χ2n) is 10.9. The van der Waals surface area contributed by atoms with Crippen LogP contribution in [0.2, 0.25) is 0 Å². The Balaban J connectivity index is 1.74. The first kappa shape index (κ1) is 26.2. The molecular formula is C25H34N4O6. The van der Waals surface area contributed by atoms with Gasteiger partial charge in [0.15, 0.2) is 5.69 Å². The van der Waals surface area contributed by atoms with Crippen molar-refractivity contribution in [1.29, 1.82) is 0 Å². The molecule has 0 bridgehead atoms. The van der Waals surface area contributed by atoms with Gasteiger partial charge in [-0.3, -0.25) is 9.67 Å². The van der Waals surface area contributed by atoms with Crippen molar-refractivity contribution in [3.63, 3.8) is 0 Å². The highest BCUT2D eigenvalue weighted by Gasteiger charge is 2.39. The molecule has 190 valence electrons. The molecule has 2 heterocycles. The van der Waals surface area contributed by atoms with Gasteiger partial charge in [-0.05, 0) is 79.4 Å². The van der Waals surface area contributed by atoms with Crippen molar-refractivity contribution in [1.82, 2.24) is 19.7 Å². The zero-order valence-corrected chi connectivity index (χ0v) is 21.4. The van der Waals surface area contributed by atoms with E-state index in [1.165, 1.54) is 0 Å². The average Bonchev–Trinajstić information content (AvgIpc) is 3.09. The maximum absolute atomic E-state index is 12.7. The zero-order valence-electron chi connectivity index (χ0n) is 21.4. The molecule has 0 aromatic carbocycles. The fourth-order valence-electron chi connectivity index (χ4n) is 3.80. The number of amides is 2. The van der Waals surface area contributed by atoms with Crippen LogP contribution in [0.4, 0.5) is 9.59 Å². The van der Waals surface area contributed by atoms with Gasteiger partial charge in [0.1, 0.15) is 11.2 Å². The number of hydrogen-bond donors (Lipinski definition) is 1. The standard InChI is InChI=1S/C25H34N4O6/c1-15-9-8-10-19(26-15)18-14-29(27-20(18)21(30)31)17-11-16(12-17)13-28(22(32)34-24(2,3)4)23(33)35-25(5,6)7/h8-10,14,16-17H,11-13H2,1-7H3,(H,30,31). The second-order valence-corrected chi connectivity index (χ2v) is 10.9. The molecule has 10 nitrogen and oxygen atoms in total. The topological polar surface area (TPSA) is 124 Å². The van der Waals surface area contributed by atoms with Crippen LogP contribution >= 0.6 is 0 Å². The molecule has 2 aromatic rings. The van der Waals surface area contributed by atoms with Crippen LogP contribution in [0.25, 0.3) is 11.3 Å². The van der Waals surface area contributed by atoms with E-state index >= 15 is 0 Å². The normalized spacial score (nSPS) is 17.9. The fourth-order valence-corrected chi connectivity index (χ4v) is 3.80. The largest absolute Gasteiger partial charge is 0.476 e. The number of rotatable bonds is 5. The first-order valence-electron chi connectivity index (χ1n) is 11.6. The molecule has 3 rings (SSSR count). The van der Waals surface area contributed by atoms with Crippen LogP contribution in [0.5, 0.6) is 0 Å². The van der Waals surface area contributed by atoms with Crippen LogP contribution in [0.1, 0.15) is 76.6 Å². The van der Waals surface area contributed by atoms with Gasteiger partial charge >= 0.3 is 18.2 Å². The number of hydrogen-bond acceptors (Lipinski definition) is 7. The Bertz CT molecular complexity index is 1080. The number of aromatic nitrogens is 3. The van der Waals surface area contributed by atoms with Crippen LogP contribution in [-0.2, 0) is 9.47 Å². The molecule has 1 saturated carbocycles. The van der Waals surface area contributed by atoms with Gasteiger partial charge in [0.05, 0.1) is 17.3 Å². The number of carbonyl (C=O) groups excluding carboxylic acids is 2. The highest BCUT2D eigenvalue weighted by molar-refractivity contribution is 5.93. The van der Waals surface area contributed by atoms with E-state index in [9.17, 15) is 19.5 Å². The lowest BCUT2D eigenvalue weighted by molar-refractivity contribution is -0.00648. The van der Waals surface area contributed by atoms with Gasteiger partial charge in [-0.25, -0.2) is 19.3 Å². The first-order valence-corrected chi connectivity index (χ1v) is 11.6. The molecule has 35 heavy (non-hydrogen) atoms. The van der Waals surface area contributed by atoms with Gasteiger partial charge < -0.3 is 14.6 Å². The van der Waals surface area contributed by atoms with E-state index in [0.29, 0.717) is 24.1 Å². The number of carboxylic acids is 1. The summed E-state index contributed by atoms with van der Waals surface area (Å²) in [6, 6.07) is 5.36. The molecule has 0 aliphatic heterocycles. The van der Waals surface area contributed by atoms with E-state index in [4.69, 9.17) is 9.47 Å². The zero-order chi connectivity index (χ0) is 26.1. The summed E-state index contributed by atoms with van der Waals surface area (Å²) in [6.07, 6.45) is 1.42. The van der Waals surface area contributed by atoms with Gasteiger partial charge in [-0.1, -0.05) is 6.07 Å². The Hall–Kier alpha value is -3.43. The summed E-state index contributed by atoms with van der Waals surface area (Å²) in [5.74, 6) is -1.13. The Morgan fingerprint density at radius 2 is 1.63 bits per heavy atom. The third kappa shape index (κ3) is 6.80. The molecule has 1 aliphatic rings.